The summed E-state index contributed by atoms with van der Waals surface area (Å²) in [7, 11) is 0.938. The summed E-state index contributed by atoms with van der Waals surface area (Å²) in [6.07, 6.45) is -4.30. The van der Waals surface area contributed by atoms with Crippen molar-refractivity contribution in [3.05, 3.63) is 0 Å². The third kappa shape index (κ3) is 5.71. The molecule has 0 radical (unpaired) electrons. The Morgan fingerprint density at radius 2 is 1.88 bits per heavy atom. The average molecular weight is 129 g/mol. The van der Waals surface area contributed by atoms with Crippen molar-refractivity contribution in [3.8, 4) is 0 Å². The molecular formula is C3H6F3NO. The molecule has 1 N–H and O–H groups in total. The van der Waals surface area contributed by atoms with Crippen LogP contribution in [0.4, 0.5) is 13.2 Å². The van der Waals surface area contributed by atoms with Crippen LogP contribution < -0.4 is 0 Å². The lowest BCUT2D eigenvalue weighted by atomic mass is 10.6. The minimum absolute atomic E-state index is 0.0833. The summed E-state index contributed by atoms with van der Waals surface area (Å²) in [6, 6.07) is 0. The number of hydrogen-bond acceptors (Lipinski definition) is 2. The van der Waals surface area contributed by atoms with Gasteiger partial charge in [0.25, 0.3) is 0 Å². The quantitative estimate of drug-likeness (QED) is 0.531. The molecule has 0 saturated heterocycles. The number of hydrogen-bond donors (Lipinski definition) is 1. The Morgan fingerprint density at radius 3 is 1.88 bits per heavy atom. The van der Waals surface area contributed by atoms with Gasteiger partial charge in [-0.15, -0.1) is 0 Å². The zero-order chi connectivity index (χ0) is 6.78. The molecule has 5 heteroatoms. The van der Waals surface area contributed by atoms with E-state index < -0.39 is 12.7 Å². The van der Waals surface area contributed by atoms with Crippen LogP contribution in [0.1, 0.15) is 0 Å². The number of alkyl halides is 3. The Labute approximate surface area is 44.5 Å². The van der Waals surface area contributed by atoms with Crippen molar-refractivity contribution < 1.29 is 18.4 Å². The molecule has 0 spiro atoms. The smallest absolute Gasteiger partial charge is 0.314 e. The molecule has 0 aliphatic carbocycles. The number of rotatable bonds is 1. The summed E-state index contributed by atoms with van der Waals surface area (Å²) in [5.74, 6) is 0. The van der Waals surface area contributed by atoms with Gasteiger partial charge in [-0.2, -0.15) is 18.2 Å². The third-order valence-electron chi connectivity index (χ3n) is 0.408. The predicted octanol–water partition coefficient (Wildman–Crippen LogP) is 0.870. The SMILES string of the molecule is CN(O)CC(F)(F)F. The second-order valence-corrected chi connectivity index (χ2v) is 1.43. The van der Waals surface area contributed by atoms with E-state index in [2.05, 4.69) is 0 Å². The summed E-state index contributed by atoms with van der Waals surface area (Å²) in [5.41, 5.74) is 0. The molecule has 0 bridgehead atoms. The zero-order valence-electron chi connectivity index (χ0n) is 4.24. The number of hydroxylamine groups is 2. The van der Waals surface area contributed by atoms with Gasteiger partial charge in [-0.25, -0.2) is 0 Å². The van der Waals surface area contributed by atoms with Crippen LogP contribution in [0.5, 0.6) is 0 Å². The minimum Gasteiger partial charge on any atom is -0.314 e. The van der Waals surface area contributed by atoms with Crippen molar-refractivity contribution in [1.82, 2.24) is 5.06 Å². The molecule has 0 heterocycles. The highest BCUT2D eigenvalue weighted by Crippen LogP contribution is 2.13. The molecule has 0 unspecified atom stereocenters. The molecule has 0 aliphatic heterocycles. The van der Waals surface area contributed by atoms with Gasteiger partial charge in [0.1, 0.15) is 6.54 Å². The Balaban J connectivity index is 3.39. The van der Waals surface area contributed by atoms with Crippen molar-refractivity contribution in [1.29, 1.82) is 0 Å². The molecule has 0 aromatic rings. The van der Waals surface area contributed by atoms with Crippen molar-refractivity contribution in [2.75, 3.05) is 13.6 Å². The maximum absolute atomic E-state index is 11.1. The van der Waals surface area contributed by atoms with E-state index >= 15 is 0 Å². The minimum atomic E-state index is -4.30. The molecule has 0 rings (SSSR count). The molecule has 0 amide bonds. The van der Waals surface area contributed by atoms with Gasteiger partial charge >= 0.3 is 6.18 Å². The Hall–Kier alpha value is -0.290. The largest absolute Gasteiger partial charge is 0.403 e. The second kappa shape index (κ2) is 2.32. The summed E-state index contributed by atoms with van der Waals surface area (Å²) >= 11 is 0. The Bertz CT molecular complexity index is 69.4. The standard InChI is InChI=1S/C3H6F3NO/c1-7(8)2-3(4,5)6/h8H,2H2,1H3. The van der Waals surface area contributed by atoms with E-state index in [1.165, 1.54) is 0 Å². The van der Waals surface area contributed by atoms with E-state index in [1.54, 1.807) is 0 Å². The first kappa shape index (κ1) is 7.71. The molecular weight excluding hydrogens is 123 g/mol. The molecule has 0 aliphatic rings. The van der Waals surface area contributed by atoms with Crippen molar-refractivity contribution in [3.63, 3.8) is 0 Å². The molecule has 0 saturated carbocycles. The highest BCUT2D eigenvalue weighted by molar-refractivity contribution is 4.48. The lowest BCUT2D eigenvalue weighted by molar-refractivity contribution is -0.198. The van der Waals surface area contributed by atoms with Crippen LogP contribution in [0.15, 0.2) is 0 Å². The van der Waals surface area contributed by atoms with Crippen LogP contribution >= 0.6 is 0 Å². The fourth-order valence-electron chi connectivity index (χ4n) is 0.259. The lowest BCUT2D eigenvalue weighted by Crippen LogP contribution is -2.27. The molecule has 8 heavy (non-hydrogen) atoms. The van der Waals surface area contributed by atoms with E-state index in [1.807, 2.05) is 0 Å². The summed E-state index contributed by atoms with van der Waals surface area (Å²) < 4.78 is 33.3. The summed E-state index contributed by atoms with van der Waals surface area (Å²) in [5, 5.41) is 8.08. The van der Waals surface area contributed by atoms with E-state index in [0.717, 1.165) is 7.05 Å². The number of halogens is 3. The first-order chi connectivity index (χ1) is 3.42. The average Bonchev–Trinajstić information content (AvgIpc) is 1.21. The fraction of sp³-hybridized carbons (Fsp3) is 1.00. The van der Waals surface area contributed by atoms with E-state index in [-0.39, 0.29) is 5.06 Å². The van der Waals surface area contributed by atoms with E-state index in [9.17, 15) is 13.2 Å². The van der Waals surface area contributed by atoms with Crippen molar-refractivity contribution in [2.45, 2.75) is 6.18 Å². The Kier molecular flexibility index (Phi) is 2.24. The zero-order valence-corrected chi connectivity index (χ0v) is 4.24. The molecule has 0 atom stereocenters. The normalized spacial score (nSPS) is 12.8. The Morgan fingerprint density at radius 1 is 1.50 bits per heavy atom. The van der Waals surface area contributed by atoms with Gasteiger partial charge in [-0.1, -0.05) is 0 Å². The van der Waals surface area contributed by atoms with Gasteiger partial charge in [0.05, 0.1) is 0 Å². The number of nitrogens with zero attached hydrogens (tertiary/aromatic N) is 1. The monoisotopic (exact) mass is 129 g/mol. The predicted molar refractivity (Wildman–Crippen MR) is 20.5 cm³/mol. The van der Waals surface area contributed by atoms with Gasteiger partial charge in [0.15, 0.2) is 0 Å². The highest BCUT2D eigenvalue weighted by Gasteiger charge is 2.28. The summed E-state index contributed by atoms with van der Waals surface area (Å²) in [6.45, 7) is -1.28. The molecule has 0 fully saturated rings. The maximum Gasteiger partial charge on any atom is 0.403 e. The topological polar surface area (TPSA) is 23.5 Å². The second-order valence-electron chi connectivity index (χ2n) is 1.43. The van der Waals surface area contributed by atoms with Crippen LogP contribution in [0.2, 0.25) is 0 Å². The van der Waals surface area contributed by atoms with Gasteiger partial charge in [-0.05, 0) is 0 Å². The molecule has 2 nitrogen and oxygen atoms in total. The van der Waals surface area contributed by atoms with Crippen LogP contribution in [0.3, 0.4) is 0 Å². The maximum atomic E-state index is 11.1. The van der Waals surface area contributed by atoms with Crippen LogP contribution in [0.25, 0.3) is 0 Å². The summed E-state index contributed by atoms with van der Waals surface area (Å²) in [4.78, 5) is 0. The first-order valence-electron chi connectivity index (χ1n) is 1.88. The fourth-order valence-corrected chi connectivity index (χ4v) is 0.259. The van der Waals surface area contributed by atoms with Gasteiger partial charge in [0.2, 0.25) is 0 Å². The van der Waals surface area contributed by atoms with Crippen molar-refractivity contribution in [2.24, 2.45) is 0 Å². The highest BCUT2D eigenvalue weighted by atomic mass is 19.4. The van der Waals surface area contributed by atoms with Crippen LogP contribution in [-0.2, 0) is 0 Å². The van der Waals surface area contributed by atoms with E-state index in [0.29, 0.717) is 0 Å². The first-order valence-corrected chi connectivity index (χ1v) is 1.88. The van der Waals surface area contributed by atoms with Crippen molar-refractivity contribution >= 4 is 0 Å². The molecule has 0 aromatic carbocycles. The van der Waals surface area contributed by atoms with E-state index in [4.69, 9.17) is 5.21 Å². The van der Waals surface area contributed by atoms with Gasteiger partial charge in [0, 0.05) is 7.05 Å². The molecule has 0 aromatic heterocycles. The third-order valence-corrected chi connectivity index (χ3v) is 0.408. The molecule has 50 valence electrons. The van der Waals surface area contributed by atoms with Gasteiger partial charge < -0.3 is 5.21 Å². The van der Waals surface area contributed by atoms with Gasteiger partial charge in [-0.3, -0.25) is 0 Å². The lowest BCUT2D eigenvalue weighted by Gasteiger charge is -2.09. The van der Waals surface area contributed by atoms with Crippen LogP contribution in [-0.4, -0.2) is 30.0 Å². The van der Waals surface area contributed by atoms with Crippen LogP contribution in [0, 0.1) is 0 Å².